The summed E-state index contributed by atoms with van der Waals surface area (Å²) in [5, 5.41) is 45.9. The number of rotatable bonds is 5. The standard InChI is InChI=1S/C32H38O7/c1-14(2)16(5)17(6)19-10-11-21(34)23-20(19)12-30(8)13-31(9)24(15(3)4)26(35)22(18(7)33)28(37)32(31,39)29(38)25(30)27(23)36/h10-11,14-15,24,34-35,38-39H,5-6,12-13H2,1-4,7-9H3/t24?,30-,31-,32+/m1/s1. The number of carbonyl (C=O) groups is 3. The fourth-order valence-electron chi connectivity index (χ4n) is 7.54. The Balaban J connectivity index is 2.05. The van der Waals surface area contributed by atoms with E-state index in [0.29, 0.717) is 16.7 Å². The van der Waals surface area contributed by atoms with Crippen molar-refractivity contribution >= 4 is 22.9 Å². The molecule has 0 aliphatic heterocycles. The van der Waals surface area contributed by atoms with Crippen LogP contribution in [0.25, 0.3) is 5.57 Å². The second kappa shape index (κ2) is 8.78. The Morgan fingerprint density at radius 3 is 2.15 bits per heavy atom. The molecule has 4 atom stereocenters. The van der Waals surface area contributed by atoms with Gasteiger partial charge in [0.05, 0.1) is 5.56 Å². The normalized spacial score (nSPS) is 30.4. The zero-order valence-corrected chi connectivity index (χ0v) is 23.7. The predicted molar refractivity (Wildman–Crippen MR) is 148 cm³/mol. The van der Waals surface area contributed by atoms with E-state index in [0.717, 1.165) is 12.5 Å². The van der Waals surface area contributed by atoms with Crippen molar-refractivity contribution in [3.8, 4) is 5.75 Å². The fraction of sp³-hybridized carbons (Fsp3) is 0.469. The number of hydrogen-bond acceptors (Lipinski definition) is 7. The van der Waals surface area contributed by atoms with E-state index in [1.165, 1.54) is 6.07 Å². The van der Waals surface area contributed by atoms with Crippen molar-refractivity contribution in [2.24, 2.45) is 28.6 Å². The first-order valence-electron chi connectivity index (χ1n) is 13.3. The van der Waals surface area contributed by atoms with Crippen molar-refractivity contribution in [2.45, 2.75) is 66.9 Å². The highest BCUT2D eigenvalue weighted by atomic mass is 16.3. The molecule has 0 bridgehead atoms. The van der Waals surface area contributed by atoms with Gasteiger partial charge in [-0.05, 0) is 59.9 Å². The third kappa shape index (κ3) is 3.55. The molecule has 0 radical (unpaired) electrons. The van der Waals surface area contributed by atoms with Crippen molar-refractivity contribution in [1.29, 1.82) is 0 Å². The van der Waals surface area contributed by atoms with Crippen LogP contribution in [0.4, 0.5) is 0 Å². The Morgan fingerprint density at radius 1 is 1.05 bits per heavy atom. The molecule has 1 aromatic carbocycles. The zero-order chi connectivity index (χ0) is 29.6. The summed E-state index contributed by atoms with van der Waals surface area (Å²) in [6.45, 7) is 20.4. The van der Waals surface area contributed by atoms with Crippen LogP contribution >= 0.6 is 0 Å². The van der Waals surface area contributed by atoms with Crippen LogP contribution in [0.5, 0.6) is 5.75 Å². The monoisotopic (exact) mass is 534 g/mol. The summed E-state index contributed by atoms with van der Waals surface area (Å²) in [7, 11) is 0. The third-order valence-electron chi connectivity index (χ3n) is 9.30. The van der Waals surface area contributed by atoms with E-state index in [1.807, 2.05) is 13.8 Å². The summed E-state index contributed by atoms with van der Waals surface area (Å²) in [5.41, 5.74) is -3.32. The summed E-state index contributed by atoms with van der Waals surface area (Å²) < 4.78 is 0. The molecular weight excluding hydrogens is 496 g/mol. The Kier molecular flexibility index (Phi) is 6.43. The molecule has 7 heteroatoms. The molecule has 7 nitrogen and oxygen atoms in total. The number of phenols is 1. The number of aliphatic hydroxyl groups is 3. The van der Waals surface area contributed by atoms with E-state index in [9.17, 15) is 34.8 Å². The molecule has 4 rings (SSSR count). The first kappa shape index (κ1) is 28.6. The third-order valence-corrected chi connectivity index (χ3v) is 9.30. The summed E-state index contributed by atoms with van der Waals surface area (Å²) in [6.07, 6.45) is 0.230. The van der Waals surface area contributed by atoms with E-state index >= 15 is 0 Å². The number of fused-ring (bicyclic) bond motifs is 3. The number of phenolic OH excluding ortho intramolecular Hbond substituents is 1. The van der Waals surface area contributed by atoms with Gasteiger partial charge in [0.2, 0.25) is 5.78 Å². The molecule has 0 amide bonds. The maximum Gasteiger partial charge on any atom is 0.209 e. The molecule has 0 fully saturated rings. The van der Waals surface area contributed by atoms with Gasteiger partial charge in [-0.2, -0.15) is 0 Å². The number of Topliss-reactive ketones (excluding diaryl/α,β-unsaturated/α-hetero) is 3. The lowest BCUT2D eigenvalue weighted by atomic mass is 9.44. The van der Waals surface area contributed by atoms with E-state index < -0.39 is 56.8 Å². The topological polar surface area (TPSA) is 132 Å². The van der Waals surface area contributed by atoms with Crippen LogP contribution in [0, 0.1) is 28.6 Å². The first-order chi connectivity index (χ1) is 17.9. The molecule has 1 aromatic rings. The van der Waals surface area contributed by atoms with Crippen molar-refractivity contribution in [1.82, 2.24) is 0 Å². The van der Waals surface area contributed by atoms with E-state index in [1.54, 1.807) is 33.8 Å². The minimum atomic E-state index is -2.63. The molecule has 4 N–H and O–H groups in total. The SMILES string of the molecule is C=C(C(=C)C(C)C)c1ccc(O)c2c1C[C@]1(C)C[C@]3(C)C(C(C)C)C(O)=C(C(C)=O)C(=O)[C@]3(O)C(O)=C1C2=O. The number of hydrogen-bond donors (Lipinski definition) is 4. The average molecular weight is 535 g/mol. The lowest BCUT2D eigenvalue weighted by Gasteiger charge is -2.59. The lowest BCUT2D eigenvalue weighted by molar-refractivity contribution is -0.171. The highest BCUT2D eigenvalue weighted by Crippen LogP contribution is 2.65. The number of aromatic hydroxyl groups is 1. The van der Waals surface area contributed by atoms with Gasteiger partial charge in [0.1, 0.15) is 22.8 Å². The summed E-state index contributed by atoms with van der Waals surface area (Å²) >= 11 is 0. The molecule has 1 unspecified atom stereocenters. The van der Waals surface area contributed by atoms with E-state index in [-0.39, 0.29) is 41.6 Å². The quantitative estimate of drug-likeness (QED) is 0.287. The number of benzene rings is 1. The van der Waals surface area contributed by atoms with E-state index in [4.69, 9.17) is 0 Å². The maximum atomic E-state index is 14.1. The predicted octanol–water partition coefficient (Wildman–Crippen LogP) is 5.57. The summed E-state index contributed by atoms with van der Waals surface area (Å²) in [4.78, 5) is 40.3. The molecule has 3 aliphatic rings. The number of carbonyl (C=O) groups excluding carboxylic acids is 3. The second-order valence-electron chi connectivity index (χ2n) is 12.6. The molecule has 0 aromatic heterocycles. The van der Waals surface area contributed by atoms with Gasteiger partial charge in [0.25, 0.3) is 0 Å². The van der Waals surface area contributed by atoms with Crippen LogP contribution in [-0.2, 0) is 16.0 Å². The Morgan fingerprint density at radius 2 is 1.64 bits per heavy atom. The molecule has 208 valence electrons. The van der Waals surface area contributed by atoms with Crippen molar-refractivity contribution in [2.75, 3.05) is 0 Å². The van der Waals surface area contributed by atoms with Gasteiger partial charge in [-0.25, -0.2) is 0 Å². The van der Waals surface area contributed by atoms with Gasteiger partial charge >= 0.3 is 0 Å². The first-order valence-corrected chi connectivity index (χ1v) is 13.3. The molecule has 3 aliphatic carbocycles. The highest BCUT2D eigenvalue weighted by molar-refractivity contribution is 6.25. The van der Waals surface area contributed by atoms with Crippen LogP contribution in [-0.4, -0.2) is 43.4 Å². The van der Waals surface area contributed by atoms with E-state index in [2.05, 4.69) is 13.2 Å². The van der Waals surface area contributed by atoms with Crippen molar-refractivity contribution in [3.05, 3.63) is 70.2 Å². The van der Waals surface area contributed by atoms with Crippen molar-refractivity contribution in [3.63, 3.8) is 0 Å². The Bertz CT molecular complexity index is 1440. The van der Waals surface area contributed by atoms with Crippen LogP contribution in [0.3, 0.4) is 0 Å². The molecule has 0 heterocycles. The minimum Gasteiger partial charge on any atom is -0.511 e. The largest absolute Gasteiger partial charge is 0.511 e. The van der Waals surface area contributed by atoms with Gasteiger partial charge < -0.3 is 20.4 Å². The summed E-state index contributed by atoms with van der Waals surface area (Å²) in [6, 6.07) is 3.09. The van der Waals surface area contributed by atoms with Crippen molar-refractivity contribution < 1.29 is 34.8 Å². The second-order valence-corrected chi connectivity index (χ2v) is 12.6. The van der Waals surface area contributed by atoms with Gasteiger partial charge in [0.15, 0.2) is 17.2 Å². The number of ketones is 3. The lowest BCUT2D eigenvalue weighted by Crippen LogP contribution is -2.67. The average Bonchev–Trinajstić information content (AvgIpc) is 2.80. The molecule has 0 saturated carbocycles. The Hall–Kier alpha value is -3.45. The van der Waals surface area contributed by atoms with Crippen LogP contribution in [0.15, 0.2) is 53.5 Å². The van der Waals surface area contributed by atoms with Crippen LogP contribution < -0.4 is 0 Å². The minimum absolute atomic E-state index is 0.0229. The zero-order valence-electron chi connectivity index (χ0n) is 23.7. The number of aliphatic hydroxyl groups excluding tert-OH is 2. The van der Waals surface area contributed by atoms with Gasteiger partial charge in [-0.3, -0.25) is 14.4 Å². The molecule has 0 saturated heterocycles. The number of allylic oxidation sites excluding steroid dienone is 4. The summed E-state index contributed by atoms with van der Waals surface area (Å²) in [5.74, 6) is -5.20. The maximum absolute atomic E-state index is 14.1. The van der Waals surface area contributed by atoms with Gasteiger partial charge in [-0.1, -0.05) is 60.8 Å². The highest BCUT2D eigenvalue weighted by Gasteiger charge is 2.71. The molecule has 0 spiro atoms. The fourth-order valence-corrected chi connectivity index (χ4v) is 7.54. The molecular formula is C32H38O7. The van der Waals surface area contributed by atoms with Crippen LogP contribution in [0.1, 0.15) is 76.4 Å². The van der Waals surface area contributed by atoms with Crippen LogP contribution in [0.2, 0.25) is 0 Å². The van der Waals surface area contributed by atoms with Gasteiger partial charge in [0, 0.05) is 22.3 Å². The smallest absolute Gasteiger partial charge is 0.209 e. The molecule has 39 heavy (non-hydrogen) atoms. The van der Waals surface area contributed by atoms with Gasteiger partial charge in [-0.15, -0.1) is 0 Å². The Labute approximate surface area is 229 Å².